The molecule has 2 aliphatic carbocycles. The van der Waals surface area contributed by atoms with E-state index in [4.69, 9.17) is 4.74 Å². The molecule has 11 heteroatoms. The molecule has 2 heterocycles. The number of hydrogen-bond donors (Lipinski definition) is 6. The number of phenolic OH excluding ortho intramolecular Hbond substituents is 1. The van der Waals surface area contributed by atoms with E-state index in [1.807, 2.05) is 12.1 Å². The number of benzene rings is 5. The van der Waals surface area contributed by atoms with Crippen LogP contribution in [0, 0.1) is 0 Å². The van der Waals surface area contributed by atoms with Gasteiger partial charge in [-0.2, -0.15) is 0 Å². The van der Waals surface area contributed by atoms with E-state index in [-0.39, 0.29) is 35.1 Å². The first-order valence-electron chi connectivity index (χ1n) is 17.5. The number of carbonyl (C=O) groups is 3. The number of ketones is 1. The average molecular weight is 716 g/mol. The SMILES string of the molecule is C=CCN1CC[C@]23c4c5ccc(O)c4O[C@H]2C(=O)CC[C@@]3(O)[C@H]1C5.O=C(O)c1cc2ccccc2c(Cc2c(O)c(C(=O)O)cc3ccccc23)c1O. The van der Waals surface area contributed by atoms with Crippen LogP contribution in [0.5, 0.6) is 23.0 Å². The Kier molecular flexibility index (Phi) is 7.97. The third-order valence-electron chi connectivity index (χ3n) is 11.8. The summed E-state index contributed by atoms with van der Waals surface area (Å²) in [6.07, 6.45) is 3.31. The minimum Gasteiger partial charge on any atom is -0.507 e. The number of aliphatic hydroxyl groups is 1. The second-order valence-corrected chi connectivity index (χ2v) is 14.3. The second kappa shape index (κ2) is 12.4. The topological polar surface area (TPSA) is 185 Å². The summed E-state index contributed by atoms with van der Waals surface area (Å²) in [7, 11) is 0. The highest BCUT2D eigenvalue weighted by Crippen LogP contribution is 2.64. The van der Waals surface area contributed by atoms with E-state index in [0.717, 1.165) is 24.2 Å². The van der Waals surface area contributed by atoms with Gasteiger partial charge in [-0.25, -0.2) is 9.59 Å². The summed E-state index contributed by atoms with van der Waals surface area (Å²) in [6, 6.07) is 20.3. The number of phenols is 3. The molecular weight excluding hydrogens is 678 g/mol. The van der Waals surface area contributed by atoms with E-state index < -0.39 is 40.6 Å². The molecule has 5 aromatic rings. The quantitative estimate of drug-likeness (QED) is 0.119. The van der Waals surface area contributed by atoms with Gasteiger partial charge in [0.2, 0.25) is 0 Å². The molecule has 2 fully saturated rings. The first-order valence-corrected chi connectivity index (χ1v) is 17.5. The molecule has 0 aromatic heterocycles. The van der Waals surface area contributed by atoms with Crippen LogP contribution in [0.1, 0.15) is 62.2 Å². The zero-order chi connectivity index (χ0) is 37.4. The normalized spacial score (nSPS) is 23.8. The fourth-order valence-corrected chi connectivity index (χ4v) is 9.48. The van der Waals surface area contributed by atoms with Crippen molar-refractivity contribution in [3.8, 4) is 23.0 Å². The highest BCUT2D eigenvalue weighted by Gasteiger charge is 2.73. The minimum absolute atomic E-state index is 0.0407. The van der Waals surface area contributed by atoms with Crippen molar-refractivity contribution in [2.45, 2.75) is 55.3 Å². The number of rotatable bonds is 6. The van der Waals surface area contributed by atoms with Crippen molar-refractivity contribution in [3.05, 3.63) is 119 Å². The van der Waals surface area contributed by atoms with Crippen LogP contribution in [0.15, 0.2) is 85.5 Å². The summed E-state index contributed by atoms with van der Waals surface area (Å²) in [6.45, 7) is 5.36. The Labute approximate surface area is 303 Å². The van der Waals surface area contributed by atoms with Gasteiger partial charge in [-0.3, -0.25) is 9.69 Å². The number of aromatic hydroxyl groups is 3. The van der Waals surface area contributed by atoms with E-state index in [9.17, 15) is 45.0 Å². The van der Waals surface area contributed by atoms with E-state index in [0.29, 0.717) is 64.1 Å². The van der Waals surface area contributed by atoms with Crippen molar-refractivity contribution in [1.29, 1.82) is 0 Å². The number of likely N-dealkylation sites (tertiary alicyclic amines) is 1. The molecule has 5 aromatic carbocycles. The molecule has 0 radical (unpaired) electrons. The summed E-state index contributed by atoms with van der Waals surface area (Å²) >= 11 is 0. The lowest BCUT2D eigenvalue weighted by Crippen LogP contribution is -2.76. The number of nitrogens with zero attached hydrogens (tertiary/aromatic N) is 1. The van der Waals surface area contributed by atoms with Crippen molar-refractivity contribution < 1.29 is 49.8 Å². The van der Waals surface area contributed by atoms with Crippen LogP contribution in [-0.2, 0) is 23.1 Å². The minimum atomic E-state index is -1.28. The number of ether oxygens (including phenoxy) is 1. The number of fused-ring (bicyclic) bond motifs is 2. The highest BCUT2D eigenvalue weighted by atomic mass is 16.5. The summed E-state index contributed by atoms with van der Waals surface area (Å²) in [5.74, 6) is -2.83. The van der Waals surface area contributed by atoms with E-state index >= 15 is 0 Å². The molecular formula is C42H37NO10. The Hall–Kier alpha value is -5.91. The first-order chi connectivity index (χ1) is 25.4. The van der Waals surface area contributed by atoms with Gasteiger partial charge in [0.1, 0.15) is 22.6 Å². The maximum atomic E-state index is 12.6. The van der Waals surface area contributed by atoms with E-state index in [1.165, 1.54) is 12.1 Å². The van der Waals surface area contributed by atoms with E-state index in [2.05, 4.69) is 11.5 Å². The molecule has 1 saturated heterocycles. The number of hydrogen-bond acceptors (Lipinski definition) is 9. The number of piperidine rings is 1. The lowest BCUT2D eigenvalue weighted by molar-refractivity contribution is -0.187. The van der Waals surface area contributed by atoms with Gasteiger partial charge in [0, 0.05) is 48.7 Å². The van der Waals surface area contributed by atoms with Crippen LogP contribution < -0.4 is 4.74 Å². The van der Waals surface area contributed by atoms with Crippen molar-refractivity contribution in [2.24, 2.45) is 0 Å². The van der Waals surface area contributed by atoms with Crippen molar-refractivity contribution in [3.63, 3.8) is 0 Å². The average Bonchev–Trinajstić information content (AvgIpc) is 3.50. The Morgan fingerprint density at radius 3 is 2.02 bits per heavy atom. The molecule has 270 valence electrons. The summed E-state index contributed by atoms with van der Waals surface area (Å²) in [4.78, 5) is 38.1. The lowest BCUT2D eigenvalue weighted by Gasteiger charge is -2.62. The fourth-order valence-electron chi connectivity index (χ4n) is 9.48. The monoisotopic (exact) mass is 715 g/mol. The van der Waals surface area contributed by atoms with Gasteiger partial charge in [-0.15, -0.1) is 6.58 Å². The van der Waals surface area contributed by atoms with Gasteiger partial charge in [0.05, 0.1) is 11.0 Å². The lowest BCUT2D eigenvalue weighted by atomic mass is 9.49. The highest BCUT2D eigenvalue weighted by molar-refractivity contribution is 6.02. The van der Waals surface area contributed by atoms with Gasteiger partial charge >= 0.3 is 11.9 Å². The molecule has 1 spiro atoms. The smallest absolute Gasteiger partial charge is 0.339 e. The number of carbonyl (C=O) groups excluding carboxylic acids is 1. The molecule has 0 amide bonds. The summed E-state index contributed by atoms with van der Waals surface area (Å²) in [5.41, 5.74) is 0.368. The van der Waals surface area contributed by atoms with Crippen molar-refractivity contribution in [2.75, 3.05) is 13.1 Å². The number of carboxylic acid groups (broad SMARTS) is 2. The van der Waals surface area contributed by atoms with Crippen LogP contribution in [0.25, 0.3) is 21.5 Å². The molecule has 4 atom stereocenters. The van der Waals surface area contributed by atoms with Gasteiger partial charge in [0.15, 0.2) is 23.4 Å². The first kappa shape index (κ1) is 34.2. The molecule has 0 unspecified atom stereocenters. The molecule has 2 bridgehead atoms. The molecule has 53 heavy (non-hydrogen) atoms. The molecule has 9 rings (SSSR count). The number of Topliss-reactive ketones (excluding diaryl/α,β-unsaturated/α-hetero) is 1. The molecule has 6 N–H and O–H groups in total. The Balaban J connectivity index is 0.000000153. The largest absolute Gasteiger partial charge is 0.507 e. The maximum absolute atomic E-state index is 12.6. The Morgan fingerprint density at radius 1 is 0.868 bits per heavy atom. The van der Waals surface area contributed by atoms with Crippen LogP contribution in [0.2, 0.25) is 0 Å². The fraction of sp³-hybridized carbons (Fsp3) is 0.262. The van der Waals surface area contributed by atoms with Gasteiger partial charge in [0.25, 0.3) is 0 Å². The van der Waals surface area contributed by atoms with Crippen LogP contribution in [0.3, 0.4) is 0 Å². The number of aromatic carboxylic acids is 2. The zero-order valence-electron chi connectivity index (χ0n) is 28.6. The zero-order valence-corrected chi connectivity index (χ0v) is 28.6. The molecule has 11 nitrogen and oxygen atoms in total. The molecule has 1 saturated carbocycles. The molecule has 2 aliphatic heterocycles. The van der Waals surface area contributed by atoms with Crippen LogP contribution in [-0.4, -0.2) is 84.1 Å². The van der Waals surface area contributed by atoms with Gasteiger partial charge in [-0.05, 0) is 64.6 Å². The van der Waals surface area contributed by atoms with E-state index in [1.54, 1.807) is 54.6 Å². The summed E-state index contributed by atoms with van der Waals surface area (Å²) in [5, 5.41) is 64.9. The predicted octanol–water partition coefficient (Wildman–Crippen LogP) is 5.69. The maximum Gasteiger partial charge on any atom is 0.339 e. The van der Waals surface area contributed by atoms with Crippen LogP contribution in [0.4, 0.5) is 0 Å². The van der Waals surface area contributed by atoms with Crippen molar-refractivity contribution in [1.82, 2.24) is 4.90 Å². The second-order valence-electron chi connectivity index (χ2n) is 14.3. The summed E-state index contributed by atoms with van der Waals surface area (Å²) < 4.78 is 5.98. The Morgan fingerprint density at radius 2 is 1.45 bits per heavy atom. The third kappa shape index (κ3) is 4.91. The molecule has 4 aliphatic rings. The van der Waals surface area contributed by atoms with Gasteiger partial charge < -0.3 is 35.4 Å². The Bertz CT molecular complexity index is 2300. The van der Waals surface area contributed by atoms with Crippen molar-refractivity contribution >= 4 is 39.3 Å². The predicted molar refractivity (Wildman–Crippen MR) is 195 cm³/mol. The van der Waals surface area contributed by atoms with Gasteiger partial charge in [-0.1, -0.05) is 60.7 Å². The number of carboxylic acids is 2. The standard InChI is InChI=1S/C23H16O6.C19H21NO4/c24-20-16(14-7-3-1-5-12(14)9-18(20)22(26)27)11-17-15-8-4-2-6-13(15)10-19(21(17)25)23(28)29;1-2-8-20-9-7-18-15-11-3-4-12(21)16(15)24-17(18)13(22)5-6-19(18,23)14(20)10-11/h1-10,24-25H,11H2,(H,26,27)(H,28,29);2-4,14,17,21,23H,1,5-10H2/t;14-,17+,18+,19-/m.1/s1. The van der Waals surface area contributed by atoms with Crippen LogP contribution >= 0.6 is 0 Å². The third-order valence-corrected chi connectivity index (χ3v) is 11.8.